The molecular weight excluding hydrogens is 784 g/mol. The number of ether oxygens (including phenoxy) is 2. The van der Waals surface area contributed by atoms with E-state index in [9.17, 15) is 9.59 Å². The van der Waals surface area contributed by atoms with Crippen LogP contribution in [0.1, 0.15) is 97.1 Å². The van der Waals surface area contributed by atoms with Gasteiger partial charge in [0.05, 0.1) is 12.2 Å². The number of fused-ring (bicyclic) bond motifs is 2. The molecule has 0 atom stereocenters. The molecule has 0 saturated heterocycles. The third-order valence-corrected chi connectivity index (χ3v) is 10.7. The first-order valence-electron chi connectivity index (χ1n) is 17.2. The highest BCUT2D eigenvalue weighted by molar-refractivity contribution is 14.1. The van der Waals surface area contributed by atoms with Crippen LogP contribution in [-0.4, -0.2) is 51.3 Å². The van der Waals surface area contributed by atoms with Crippen molar-refractivity contribution in [3.05, 3.63) is 80.1 Å². The van der Waals surface area contributed by atoms with Crippen LogP contribution in [-0.2, 0) is 22.3 Å². The molecule has 10 heteroatoms. The molecule has 2 fully saturated rings. The molecule has 2 aliphatic rings. The Bertz CT molecular complexity index is 1740. The number of carbonyl (C=O) groups excluding carboxylic acids is 2. The number of aryl methyl sites for hydroxylation is 2. The summed E-state index contributed by atoms with van der Waals surface area (Å²) in [6, 6.07) is 16.0. The third-order valence-electron chi connectivity index (χ3n) is 9.93. The molecular formula is C39H47IN2O4S3. The Morgan fingerprint density at radius 1 is 0.694 bits per heavy atom. The fraction of sp³-hybridized carbons (Fsp3) is 0.462. The Morgan fingerprint density at radius 2 is 1.04 bits per heavy atom. The Labute approximate surface area is 319 Å². The van der Waals surface area contributed by atoms with Crippen LogP contribution in [0.4, 0.5) is 0 Å². The van der Waals surface area contributed by atoms with E-state index < -0.39 is 0 Å². The second kappa shape index (κ2) is 19.4. The summed E-state index contributed by atoms with van der Waals surface area (Å²) in [5.74, 6) is 0.794. The lowest BCUT2D eigenvalue weighted by Crippen LogP contribution is -2.25. The molecule has 6 rings (SSSR count). The number of hydrogen-bond donors (Lipinski definition) is 2. The Kier molecular flexibility index (Phi) is 15.7. The van der Waals surface area contributed by atoms with E-state index >= 15 is 0 Å². The maximum atomic E-state index is 12.8. The molecule has 2 aromatic carbocycles. The van der Waals surface area contributed by atoms with Crippen molar-refractivity contribution in [1.29, 1.82) is 0 Å². The SMILES string of the molecule is CCc1cc2cc(C(=O)C3CCC(OC)CC3)ccc2[nH]c1=S.CCc1cc2cc(C(=O)C3CCC(OC)CC3)ccc2[nH]c1=S.S=CI. The quantitative estimate of drug-likeness (QED) is 0.0792. The molecule has 2 heterocycles. The van der Waals surface area contributed by atoms with E-state index in [1.54, 1.807) is 17.6 Å². The first-order valence-corrected chi connectivity index (χ1v) is 19.7. The molecule has 0 radical (unpaired) electrons. The maximum Gasteiger partial charge on any atom is 0.165 e. The lowest BCUT2D eigenvalue weighted by atomic mass is 9.82. The number of halogens is 1. The number of pyridine rings is 2. The molecule has 2 saturated carbocycles. The van der Waals surface area contributed by atoms with Gasteiger partial charge in [-0.15, -0.1) is 0 Å². The molecule has 0 amide bonds. The van der Waals surface area contributed by atoms with E-state index in [2.05, 4.69) is 48.2 Å². The molecule has 0 spiro atoms. The van der Waals surface area contributed by atoms with E-state index in [0.29, 0.717) is 12.2 Å². The Hall–Kier alpha value is -2.22. The summed E-state index contributed by atoms with van der Waals surface area (Å²) >= 11 is 16.9. The number of aromatic amines is 2. The highest BCUT2D eigenvalue weighted by atomic mass is 127. The van der Waals surface area contributed by atoms with Crippen LogP contribution in [0.15, 0.2) is 48.5 Å². The summed E-state index contributed by atoms with van der Waals surface area (Å²) < 4.78 is 13.9. The van der Waals surface area contributed by atoms with Crippen molar-refractivity contribution in [2.24, 2.45) is 11.8 Å². The van der Waals surface area contributed by atoms with Crippen molar-refractivity contribution in [3.8, 4) is 0 Å². The van der Waals surface area contributed by atoms with Gasteiger partial charge in [-0.05, 0) is 157 Å². The average Bonchev–Trinajstić information content (AvgIpc) is 3.14. The molecule has 2 N–H and O–H groups in total. The number of H-pyrrole nitrogens is 2. The highest BCUT2D eigenvalue weighted by Gasteiger charge is 2.28. The zero-order chi connectivity index (χ0) is 35.5. The summed E-state index contributed by atoms with van der Waals surface area (Å²) in [4.78, 5) is 32.1. The number of rotatable bonds is 8. The summed E-state index contributed by atoms with van der Waals surface area (Å²) in [6.07, 6.45) is 10.0. The van der Waals surface area contributed by atoms with Crippen LogP contribution in [0.2, 0.25) is 0 Å². The van der Waals surface area contributed by atoms with Crippen molar-refractivity contribution < 1.29 is 19.1 Å². The van der Waals surface area contributed by atoms with Gasteiger partial charge in [-0.1, -0.05) is 50.5 Å². The highest BCUT2D eigenvalue weighted by Crippen LogP contribution is 2.31. The van der Waals surface area contributed by atoms with Gasteiger partial charge in [0.2, 0.25) is 0 Å². The van der Waals surface area contributed by atoms with Gasteiger partial charge >= 0.3 is 0 Å². The van der Waals surface area contributed by atoms with Gasteiger partial charge < -0.3 is 19.4 Å². The molecule has 6 nitrogen and oxygen atoms in total. The normalized spacial score (nSPS) is 20.4. The Balaban J connectivity index is 0.000000205. The standard InChI is InChI=1S/2C19H23NO2S.CHIS/c2*1-3-12-10-15-11-14(6-9-17(15)20-19(12)23)18(21)13-4-7-16(22-2)8-5-13;2-1-3/h2*6,9-11,13,16H,3-5,7-8H2,1-2H3,(H,20,23);1H. The van der Waals surface area contributed by atoms with Gasteiger partial charge in [-0.3, -0.25) is 9.59 Å². The second-order valence-electron chi connectivity index (χ2n) is 12.8. The summed E-state index contributed by atoms with van der Waals surface area (Å²) in [7, 11) is 3.51. The smallest absolute Gasteiger partial charge is 0.165 e. The number of benzene rings is 2. The fourth-order valence-corrected chi connectivity index (χ4v) is 7.55. The average molecular weight is 831 g/mol. The predicted octanol–water partition coefficient (Wildman–Crippen LogP) is 11.1. The minimum atomic E-state index is 0.131. The molecule has 2 aliphatic carbocycles. The van der Waals surface area contributed by atoms with Gasteiger partial charge in [-0.25, -0.2) is 0 Å². The number of thiocarbonyl (C=S) groups is 1. The predicted molar refractivity (Wildman–Crippen MR) is 219 cm³/mol. The van der Waals surface area contributed by atoms with E-state index in [-0.39, 0.29) is 23.4 Å². The topological polar surface area (TPSA) is 84.2 Å². The van der Waals surface area contributed by atoms with Crippen molar-refractivity contribution in [3.63, 3.8) is 0 Å². The van der Waals surface area contributed by atoms with E-state index in [4.69, 9.17) is 33.9 Å². The largest absolute Gasteiger partial charge is 0.381 e. The molecule has 4 aromatic rings. The number of hydrogen-bond acceptors (Lipinski definition) is 7. The first kappa shape index (κ1) is 39.6. The molecule has 262 valence electrons. The van der Waals surface area contributed by atoms with Gasteiger partial charge in [0.1, 0.15) is 9.28 Å². The van der Waals surface area contributed by atoms with Crippen molar-refractivity contribution in [2.45, 2.75) is 90.3 Å². The summed E-state index contributed by atoms with van der Waals surface area (Å²) in [6.45, 7) is 4.18. The van der Waals surface area contributed by atoms with Gasteiger partial charge in [-0.2, -0.15) is 0 Å². The zero-order valence-corrected chi connectivity index (χ0v) is 33.4. The first-order chi connectivity index (χ1) is 23.6. The molecule has 0 aliphatic heterocycles. The number of ketones is 2. The minimum absolute atomic E-state index is 0.131. The van der Waals surface area contributed by atoms with Crippen LogP contribution in [0.25, 0.3) is 21.8 Å². The van der Waals surface area contributed by atoms with Crippen LogP contribution in [0.3, 0.4) is 0 Å². The van der Waals surface area contributed by atoms with Crippen LogP contribution in [0, 0.1) is 21.1 Å². The lowest BCUT2D eigenvalue weighted by Gasteiger charge is -2.26. The van der Waals surface area contributed by atoms with E-state index in [0.717, 1.165) is 118 Å². The zero-order valence-electron chi connectivity index (χ0n) is 28.8. The summed E-state index contributed by atoms with van der Waals surface area (Å²) in [5.41, 5.74) is 5.85. The van der Waals surface area contributed by atoms with Crippen molar-refractivity contribution in [1.82, 2.24) is 9.97 Å². The minimum Gasteiger partial charge on any atom is -0.381 e. The van der Waals surface area contributed by atoms with Gasteiger partial charge in [0.25, 0.3) is 0 Å². The fourth-order valence-electron chi connectivity index (χ4n) is 6.93. The molecule has 2 aromatic heterocycles. The van der Waals surface area contributed by atoms with Crippen LogP contribution in [0.5, 0.6) is 0 Å². The van der Waals surface area contributed by atoms with Crippen LogP contribution < -0.4 is 0 Å². The van der Waals surface area contributed by atoms with E-state index in [1.807, 2.05) is 59.0 Å². The third kappa shape index (κ3) is 10.4. The lowest BCUT2D eigenvalue weighted by molar-refractivity contribution is 0.0515. The molecule has 0 bridgehead atoms. The van der Waals surface area contributed by atoms with Crippen molar-refractivity contribution >= 4 is 96.0 Å². The Morgan fingerprint density at radius 3 is 1.35 bits per heavy atom. The summed E-state index contributed by atoms with van der Waals surface area (Å²) in [5, 5.41) is 2.12. The number of carbonyl (C=O) groups is 2. The maximum absolute atomic E-state index is 12.8. The van der Waals surface area contributed by atoms with Gasteiger partial charge in [0, 0.05) is 51.6 Å². The number of methoxy groups -OCH3 is 2. The molecule has 0 unspecified atom stereocenters. The number of Topliss-reactive ketones (excluding diaryl/α,β-unsaturated/α-hetero) is 2. The van der Waals surface area contributed by atoms with E-state index in [1.165, 1.54) is 0 Å². The van der Waals surface area contributed by atoms with Gasteiger partial charge in [0.15, 0.2) is 11.6 Å². The number of nitrogens with one attached hydrogen (secondary N) is 2. The number of aromatic nitrogens is 2. The molecule has 49 heavy (non-hydrogen) atoms. The monoisotopic (exact) mass is 830 g/mol. The van der Waals surface area contributed by atoms with Crippen molar-refractivity contribution in [2.75, 3.05) is 14.2 Å². The second-order valence-corrected chi connectivity index (χ2v) is 15.3. The van der Waals surface area contributed by atoms with Crippen LogP contribution >= 0.6 is 59.2 Å².